The Kier molecular flexibility index (Phi) is 6.54. The Morgan fingerprint density at radius 1 is 1.07 bits per heavy atom. The maximum Gasteiger partial charge on any atom is 0.234 e. The lowest BCUT2D eigenvalue weighted by atomic mass is 10.1. The molecular weight excluding hydrogens is 376 g/mol. The van der Waals surface area contributed by atoms with Gasteiger partial charge in [-0.2, -0.15) is 0 Å². The van der Waals surface area contributed by atoms with Crippen LogP contribution >= 0.6 is 11.8 Å². The van der Waals surface area contributed by atoms with Gasteiger partial charge in [0, 0.05) is 37.4 Å². The van der Waals surface area contributed by atoms with Crippen LogP contribution in [-0.4, -0.2) is 40.6 Å². The number of thioether (sulfide) groups is 1. The summed E-state index contributed by atoms with van der Waals surface area (Å²) in [5, 5.41) is 12.0. The first-order chi connectivity index (χ1) is 13.6. The molecule has 7 nitrogen and oxygen atoms in total. The van der Waals surface area contributed by atoms with E-state index in [4.69, 9.17) is 9.47 Å². The van der Waals surface area contributed by atoms with Crippen LogP contribution in [0.5, 0.6) is 11.5 Å². The van der Waals surface area contributed by atoms with E-state index in [1.807, 2.05) is 29.8 Å². The number of nitrogens with zero attached hydrogens (tertiary/aromatic N) is 3. The van der Waals surface area contributed by atoms with Gasteiger partial charge >= 0.3 is 0 Å². The number of benzene rings is 2. The minimum Gasteiger partial charge on any atom is -0.497 e. The monoisotopic (exact) mass is 398 g/mol. The van der Waals surface area contributed by atoms with E-state index in [0.717, 1.165) is 5.82 Å². The predicted octanol–water partition coefficient (Wildman–Crippen LogP) is 3.15. The number of hydrogen-bond donors (Lipinski definition) is 1. The highest BCUT2D eigenvalue weighted by Crippen LogP contribution is 2.26. The number of nitrogens with one attached hydrogen (secondary N) is 1. The van der Waals surface area contributed by atoms with Crippen LogP contribution < -0.4 is 14.8 Å². The summed E-state index contributed by atoms with van der Waals surface area (Å²) in [5.41, 5.74) is 1.78. The first kappa shape index (κ1) is 19.8. The topological polar surface area (TPSA) is 78.3 Å². The molecule has 0 spiro atoms. The van der Waals surface area contributed by atoms with E-state index >= 15 is 0 Å². The highest BCUT2D eigenvalue weighted by atomic mass is 32.2. The summed E-state index contributed by atoms with van der Waals surface area (Å²) in [4.78, 5) is 12.3. The zero-order valence-corrected chi connectivity index (χ0v) is 16.8. The molecular formula is C20H22N4O3S. The van der Waals surface area contributed by atoms with Gasteiger partial charge in [0.1, 0.15) is 17.3 Å². The van der Waals surface area contributed by atoms with E-state index < -0.39 is 0 Å². The third-order valence-electron chi connectivity index (χ3n) is 4.10. The molecule has 0 unspecified atom stereocenters. The Bertz CT molecular complexity index is 922. The maximum absolute atomic E-state index is 12.3. The highest BCUT2D eigenvalue weighted by molar-refractivity contribution is 7.99. The molecule has 1 aromatic heterocycles. The smallest absolute Gasteiger partial charge is 0.234 e. The summed E-state index contributed by atoms with van der Waals surface area (Å²) in [7, 11) is 5.04. The van der Waals surface area contributed by atoms with Gasteiger partial charge in [0.25, 0.3) is 0 Å². The first-order valence-corrected chi connectivity index (χ1v) is 9.65. The van der Waals surface area contributed by atoms with E-state index in [0.29, 0.717) is 28.8 Å². The number of rotatable bonds is 8. The lowest BCUT2D eigenvalue weighted by Gasteiger charge is -2.09. The average molecular weight is 398 g/mol. The molecule has 0 aliphatic carbocycles. The summed E-state index contributed by atoms with van der Waals surface area (Å²) in [5.74, 6) is 2.15. The van der Waals surface area contributed by atoms with Crippen LogP contribution in [0.4, 0.5) is 5.69 Å². The Morgan fingerprint density at radius 2 is 1.75 bits per heavy atom. The zero-order chi connectivity index (χ0) is 19.9. The lowest BCUT2D eigenvalue weighted by Crippen LogP contribution is -2.14. The van der Waals surface area contributed by atoms with Gasteiger partial charge in [-0.3, -0.25) is 4.79 Å². The van der Waals surface area contributed by atoms with Crippen LogP contribution in [-0.2, 0) is 18.3 Å². The molecule has 146 valence electrons. The van der Waals surface area contributed by atoms with E-state index in [2.05, 4.69) is 27.6 Å². The standard InChI is InChI=1S/C20H22N4O3S/c1-24-18(9-14-7-5-4-6-8-14)22-23-20(24)28-13-19(25)21-15-10-16(26-2)12-17(11-15)27-3/h4-8,10-12H,9,13H2,1-3H3,(H,21,25). The number of methoxy groups -OCH3 is 2. The predicted molar refractivity (Wildman–Crippen MR) is 109 cm³/mol. The number of ether oxygens (including phenoxy) is 2. The molecule has 0 atom stereocenters. The van der Waals surface area contributed by atoms with Gasteiger partial charge in [-0.15, -0.1) is 10.2 Å². The Balaban J connectivity index is 1.59. The second kappa shape index (κ2) is 9.27. The second-order valence-electron chi connectivity index (χ2n) is 6.06. The molecule has 1 N–H and O–H groups in total. The molecule has 3 aromatic rings. The number of carbonyl (C=O) groups is 1. The minimum atomic E-state index is -0.145. The molecule has 28 heavy (non-hydrogen) atoms. The van der Waals surface area contributed by atoms with Crippen LogP contribution in [0, 0.1) is 0 Å². The molecule has 0 aliphatic rings. The Hall–Kier alpha value is -3.00. The van der Waals surface area contributed by atoms with Gasteiger partial charge in [0.05, 0.1) is 20.0 Å². The van der Waals surface area contributed by atoms with Crippen molar-refractivity contribution >= 4 is 23.4 Å². The summed E-state index contributed by atoms with van der Waals surface area (Å²) >= 11 is 1.34. The molecule has 8 heteroatoms. The van der Waals surface area contributed by atoms with Crippen molar-refractivity contribution in [1.82, 2.24) is 14.8 Å². The third kappa shape index (κ3) is 5.04. The summed E-state index contributed by atoms with van der Waals surface area (Å²) < 4.78 is 12.4. The Labute approximate surface area is 168 Å². The van der Waals surface area contributed by atoms with Crippen molar-refractivity contribution in [2.45, 2.75) is 11.6 Å². The van der Waals surface area contributed by atoms with E-state index in [-0.39, 0.29) is 11.7 Å². The van der Waals surface area contributed by atoms with Gasteiger partial charge in [-0.1, -0.05) is 42.1 Å². The van der Waals surface area contributed by atoms with Crippen molar-refractivity contribution in [1.29, 1.82) is 0 Å². The van der Waals surface area contributed by atoms with Crippen molar-refractivity contribution < 1.29 is 14.3 Å². The fraction of sp³-hybridized carbons (Fsp3) is 0.250. The molecule has 1 amide bonds. The van der Waals surface area contributed by atoms with E-state index in [1.165, 1.54) is 17.3 Å². The summed E-state index contributed by atoms with van der Waals surface area (Å²) in [6.45, 7) is 0. The van der Waals surface area contributed by atoms with Gasteiger partial charge in [0.2, 0.25) is 5.91 Å². The zero-order valence-electron chi connectivity index (χ0n) is 16.0. The van der Waals surface area contributed by atoms with E-state index in [1.54, 1.807) is 32.4 Å². The molecule has 0 saturated heterocycles. The van der Waals surface area contributed by atoms with Crippen LogP contribution in [0.3, 0.4) is 0 Å². The van der Waals surface area contributed by atoms with Crippen LogP contribution in [0.15, 0.2) is 53.7 Å². The average Bonchev–Trinajstić information content (AvgIpc) is 3.06. The molecule has 0 saturated carbocycles. The number of amides is 1. The fourth-order valence-electron chi connectivity index (χ4n) is 2.61. The van der Waals surface area contributed by atoms with Crippen LogP contribution in [0.2, 0.25) is 0 Å². The van der Waals surface area contributed by atoms with Gasteiger partial charge in [-0.25, -0.2) is 0 Å². The molecule has 0 radical (unpaired) electrons. The SMILES string of the molecule is COc1cc(NC(=O)CSc2nnc(Cc3ccccc3)n2C)cc(OC)c1. The molecule has 0 bridgehead atoms. The van der Waals surface area contributed by atoms with E-state index in [9.17, 15) is 4.79 Å². The summed E-state index contributed by atoms with van der Waals surface area (Å²) in [6.07, 6.45) is 0.695. The molecule has 1 heterocycles. The quantitative estimate of drug-likeness (QED) is 0.587. The third-order valence-corrected chi connectivity index (χ3v) is 5.12. The molecule has 3 rings (SSSR count). The Morgan fingerprint density at radius 3 is 2.39 bits per heavy atom. The molecule has 0 fully saturated rings. The molecule has 0 aliphatic heterocycles. The first-order valence-electron chi connectivity index (χ1n) is 8.67. The van der Waals surface area contributed by atoms with Crippen LogP contribution in [0.25, 0.3) is 0 Å². The maximum atomic E-state index is 12.3. The normalized spacial score (nSPS) is 10.5. The van der Waals surface area contributed by atoms with Crippen molar-refractivity contribution in [2.24, 2.45) is 7.05 Å². The number of hydrogen-bond acceptors (Lipinski definition) is 6. The van der Waals surface area contributed by atoms with Gasteiger partial charge in [-0.05, 0) is 5.56 Å². The van der Waals surface area contributed by atoms with Crippen LogP contribution in [0.1, 0.15) is 11.4 Å². The van der Waals surface area contributed by atoms with Crippen molar-refractivity contribution in [3.63, 3.8) is 0 Å². The lowest BCUT2D eigenvalue weighted by molar-refractivity contribution is -0.113. The highest BCUT2D eigenvalue weighted by Gasteiger charge is 2.13. The van der Waals surface area contributed by atoms with Crippen molar-refractivity contribution in [2.75, 3.05) is 25.3 Å². The van der Waals surface area contributed by atoms with Gasteiger partial charge in [0.15, 0.2) is 5.16 Å². The number of aromatic nitrogens is 3. The second-order valence-corrected chi connectivity index (χ2v) is 7.00. The van der Waals surface area contributed by atoms with Crippen molar-refractivity contribution in [3.05, 3.63) is 59.9 Å². The van der Waals surface area contributed by atoms with Gasteiger partial charge < -0.3 is 19.4 Å². The number of carbonyl (C=O) groups excluding carboxylic acids is 1. The van der Waals surface area contributed by atoms with Crippen molar-refractivity contribution in [3.8, 4) is 11.5 Å². The number of anilines is 1. The molecule has 2 aromatic carbocycles. The minimum absolute atomic E-state index is 0.145. The largest absolute Gasteiger partial charge is 0.497 e. The fourth-order valence-corrected chi connectivity index (χ4v) is 3.34. The summed E-state index contributed by atoms with van der Waals surface area (Å²) in [6, 6.07) is 15.3.